The highest BCUT2D eigenvalue weighted by Gasteiger charge is 2.62. The minimum Gasteiger partial charge on any atom is -0.457 e. The number of hydrogen-bond acceptors (Lipinski definition) is 15. The lowest BCUT2D eigenvalue weighted by atomic mass is 9.96. The van der Waals surface area contributed by atoms with Crippen LogP contribution in [0, 0.1) is 17.8 Å². The summed E-state index contributed by atoms with van der Waals surface area (Å²) < 4.78 is 39.6. The Hall–Kier alpha value is -2.40. The van der Waals surface area contributed by atoms with Crippen molar-refractivity contribution in [2.75, 3.05) is 19.8 Å². The Morgan fingerprint density at radius 3 is 1.70 bits per heavy atom. The van der Waals surface area contributed by atoms with Crippen molar-refractivity contribution in [1.82, 2.24) is 0 Å². The van der Waals surface area contributed by atoms with Crippen LogP contribution in [0.5, 0.6) is 0 Å². The molecule has 0 aromatic carbocycles. The van der Waals surface area contributed by atoms with Crippen molar-refractivity contribution in [1.29, 1.82) is 0 Å². The Kier molecular flexibility index (Phi) is 13.7. The monoisotopic (exact) mass is 622 g/mol. The van der Waals surface area contributed by atoms with E-state index in [4.69, 9.17) is 33.2 Å². The molecule has 0 saturated carbocycles. The van der Waals surface area contributed by atoms with Crippen LogP contribution in [0.2, 0.25) is 0 Å². The predicted molar refractivity (Wildman–Crippen MR) is 144 cm³/mol. The van der Waals surface area contributed by atoms with Gasteiger partial charge in [-0.3, -0.25) is 19.2 Å². The minimum absolute atomic E-state index is 0.366. The lowest BCUT2D eigenvalue weighted by Gasteiger charge is -2.46. The standard InChI is InChI=1S/C28H46O15/c1-8-14(5)25(35)39-19-17(10-29)38-27(22(41-26(36)15(6)9-2)21(19)40-24(34)13(3)4)43-28(12-31)23(33)20(37-16(7)32)18(11-30)42-28/h13-15,17-23,27,29-31,33H,8-12H2,1-7H3/t14?,15?,17-,18-,19-,20-,21+,22-,23+,27-,28+/m1/s1. The van der Waals surface area contributed by atoms with Gasteiger partial charge in [-0.1, -0.05) is 41.5 Å². The van der Waals surface area contributed by atoms with Crippen molar-refractivity contribution in [2.24, 2.45) is 17.8 Å². The molecule has 2 aliphatic rings. The lowest BCUT2D eigenvalue weighted by Crippen LogP contribution is -2.65. The summed E-state index contributed by atoms with van der Waals surface area (Å²) in [6.45, 7) is 8.25. The van der Waals surface area contributed by atoms with E-state index >= 15 is 0 Å². The van der Waals surface area contributed by atoms with Crippen molar-refractivity contribution < 1.29 is 72.8 Å². The van der Waals surface area contributed by atoms with Gasteiger partial charge in [0.15, 0.2) is 24.4 Å². The quantitative estimate of drug-likeness (QED) is 0.143. The topological polar surface area (TPSA) is 214 Å². The first-order chi connectivity index (χ1) is 20.2. The van der Waals surface area contributed by atoms with Gasteiger partial charge in [-0.25, -0.2) is 0 Å². The summed E-state index contributed by atoms with van der Waals surface area (Å²) >= 11 is 0. The van der Waals surface area contributed by atoms with Crippen LogP contribution in [0.15, 0.2) is 0 Å². The third-order valence-corrected chi connectivity index (χ3v) is 7.53. The average Bonchev–Trinajstić information content (AvgIpc) is 3.23. The molecule has 0 amide bonds. The maximum Gasteiger partial charge on any atom is 0.309 e. The SMILES string of the molecule is CCC(C)C(=O)O[C@H]1[C@@H](O[C@]2(CO)O[C@H](CO)[C@@H](OC(C)=O)[C@@H]2O)O[C@H](CO)[C@@H](OC(=O)C(C)CC)[C@@H]1OC(=O)C(C)C. The highest BCUT2D eigenvalue weighted by Crippen LogP contribution is 2.39. The van der Waals surface area contributed by atoms with Gasteiger partial charge in [-0.15, -0.1) is 0 Å². The molecule has 0 aromatic heterocycles. The number of hydrogen-bond donors (Lipinski definition) is 4. The molecule has 2 rings (SSSR count). The van der Waals surface area contributed by atoms with Gasteiger partial charge in [0.1, 0.15) is 24.9 Å². The van der Waals surface area contributed by atoms with Gasteiger partial charge in [0.2, 0.25) is 12.1 Å². The molecule has 15 heteroatoms. The fourth-order valence-corrected chi connectivity index (χ4v) is 4.41. The van der Waals surface area contributed by atoms with Crippen molar-refractivity contribution in [2.45, 2.75) is 116 Å². The molecule has 2 heterocycles. The van der Waals surface area contributed by atoms with Gasteiger partial charge in [0.25, 0.3) is 0 Å². The van der Waals surface area contributed by atoms with Crippen molar-refractivity contribution in [3.8, 4) is 0 Å². The number of ether oxygens (including phenoxy) is 7. The third-order valence-electron chi connectivity index (χ3n) is 7.53. The van der Waals surface area contributed by atoms with Crippen molar-refractivity contribution in [3.63, 3.8) is 0 Å². The summed E-state index contributed by atoms with van der Waals surface area (Å²) in [6.07, 6.45) is -11.9. The summed E-state index contributed by atoms with van der Waals surface area (Å²) in [5, 5.41) is 41.5. The smallest absolute Gasteiger partial charge is 0.309 e. The second-order valence-electron chi connectivity index (χ2n) is 11.1. The zero-order valence-electron chi connectivity index (χ0n) is 25.7. The summed E-state index contributed by atoms with van der Waals surface area (Å²) in [6, 6.07) is 0. The molecule has 15 nitrogen and oxygen atoms in total. The van der Waals surface area contributed by atoms with Crippen LogP contribution < -0.4 is 0 Å². The zero-order valence-corrected chi connectivity index (χ0v) is 25.7. The second kappa shape index (κ2) is 16.1. The van der Waals surface area contributed by atoms with Crippen LogP contribution in [0.25, 0.3) is 0 Å². The van der Waals surface area contributed by atoms with E-state index in [1.165, 1.54) is 0 Å². The highest BCUT2D eigenvalue weighted by molar-refractivity contribution is 5.74. The van der Waals surface area contributed by atoms with E-state index in [0.29, 0.717) is 12.8 Å². The Morgan fingerprint density at radius 1 is 0.744 bits per heavy atom. The molecule has 0 bridgehead atoms. The molecule has 0 aliphatic carbocycles. The first-order valence-corrected chi connectivity index (χ1v) is 14.5. The highest BCUT2D eigenvalue weighted by atomic mass is 16.8. The van der Waals surface area contributed by atoms with Crippen LogP contribution >= 0.6 is 0 Å². The first-order valence-electron chi connectivity index (χ1n) is 14.5. The predicted octanol–water partition coefficient (Wildman–Crippen LogP) is -0.424. The number of aliphatic hydroxyl groups is 4. The van der Waals surface area contributed by atoms with Gasteiger partial charge in [0, 0.05) is 6.92 Å². The third kappa shape index (κ3) is 8.62. The maximum atomic E-state index is 13.1. The van der Waals surface area contributed by atoms with Crippen LogP contribution in [0.1, 0.15) is 61.3 Å². The van der Waals surface area contributed by atoms with Gasteiger partial charge in [0.05, 0.1) is 31.0 Å². The molecular formula is C28H46O15. The number of carbonyl (C=O) groups is 4. The molecule has 2 unspecified atom stereocenters. The molecule has 4 N–H and O–H groups in total. The molecule has 11 atom stereocenters. The van der Waals surface area contributed by atoms with E-state index in [1.54, 1.807) is 41.5 Å². The summed E-state index contributed by atoms with van der Waals surface area (Å²) in [5.74, 6) is -7.35. The Balaban J connectivity index is 2.63. The molecule has 2 aliphatic heterocycles. The van der Waals surface area contributed by atoms with Crippen molar-refractivity contribution >= 4 is 23.9 Å². The van der Waals surface area contributed by atoms with E-state index in [1.807, 2.05) is 0 Å². The normalized spacial score (nSPS) is 33.9. The van der Waals surface area contributed by atoms with Gasteiger partial charge in [-0.2, -0.15) is 0 Å². The van der Waals surface area contributed by atoms with E-state index < -0.39 is 116 Å². The van der Waals surface area contributed by atoms with Gasteiger partial charge in [-0.05, 0) is 12.8 Å². The summed E-state index contributed by atoms with van der Waals surface area (Å²) in [5.41, 5.74) is 0. The zero-order chi connectivity index (χ0) is 32.6. The molecular weight excluding hydrogens is 576 g/mol. The fraction of sp³-hybridized carbons (Fsp3) is 0.857. The summed E-state index contributed by atoms with van der Waals surface area (Å²) in [4.78, 5) is 50.4. The van der Waals surface area contributed by atoms with Crippen LogP contribution in [0.3, 0.4) is 0 Å². The fourth-order valence-electron chi connectivity index (χ4n) is 4.41. The summed E-state index contributed by atoms with van der Waals surface area (Å²) in [7, 11) is 0. The average molecular weight is 623 g/mol. The van der Waals surface area contributed by atoms with E-state index in [-0.39, 0.29) is 0 Å². The number of rotatable bonds is 14. The number of carbonyl (C=O) groups excluding carboxylic acids is 4. The number of esters is 4. The lowest BCUT2D eigenvalue weighted by molar-refractivity contribution is -0.384. The van der Waals surface area contributed by atoms with Gasteiger partial charge >= 0.3 is 23.9 Å². The van der Waals surface area contributed by atoms with Crippen LogP contribution in [0.4, 0.5) is 0 Å². The van der Waals surface area contributed by atoms with E-state index in [2.05, 4.69) is 0 Å². The molecule has 0 aromatic rings. The number of aliphatic hydroxyl groups excluding tert-OH is 4. The first kappa shape index (κ1) is 36.8. The minimum atomic E-state index is -2.41. The van der Waals surface area contributed by atoms with E-state index in [0.717, 1.165) is 6.92 Å². The Labute approximate surface area is 250 Å². The molecule has 2 saturated heterocycles. The molecule has 248 valence electrons. The molecule has 2 fully saturated rings. The maximum absolute atomic E-state index is 13.1. The van der Waals surface area contributed by atoms with E-state index in [9.17, 15) is 39.6 Å². The van der Waals surface area contributed by atoms with Crippen LogP contribution in [-0.2, 0) is 52.3 Å². The largest absolute Gasteiger partial charge is 0.457 e. The van der Waals surface area contributed by atoms with Gasteiger partial charge < -0.3 is 53.6 Å². The Morgan fingerprint density at radius 2 is 1.26 bits per heavy atom. The molecule has 43 heavy (non-hydrogen) atoms. The molecule has 0 spiro atoms. The molecule has 0 radical (unpaired) electrons. The van der Waals surface area contributed by atoms with Crippen LogP contribution in [-0.4, -0.2) is 119 Å². The second-order valence-corrected chi connectivity index (χ2v) is 11.1. The van der Waals surface area contributed by atoms with Crippen molar-refractivity contribution in [3.05, 3.63) is 0 Å². The Bertz CT molecular complexity index is 956.